The molecule has 1 fully saturated rings. The highest BCUT2D eigenvalue weighted by molar-refractivity contribution is 5.50. The first-order valence-electron chi connectivity index (χ1n) is 5.00. The van der Waals surface area contributed by atoms with Crippen LogP contribution in [0.3, 0.4) is 0 Å². The van der Waals surface area contributed by atoms with Crippen LogP contribution in [0.2, 0.25) is 0 Å². The summed E-state index contributed by atoms with van der Waals surface area (Å²) in [5, 5.41) is 8.53. The van der Waals surface area contributed by atoms with E-state index in [9.17, 15) is 0 Å². The maximum atomic E-state index is 8.53. The molecule has 0 aliphatic carbocycles. The molecule has 0 bridgehead atoms. The first kappa shape index (κ1) is 9.08. The van der Waals surface area contributed by atoms with Gasteiger partial charge in [-0.1, -0.05) is 19.1 Å². The molecule has 2 nitrogen and oxygen atoms in total. The minimum atomic E-state index is 0.511. The largest absolute Gasteiger partial charge is 0.371 e. The minimum absolute atomic E-state index is 0.511. The van der Waals surface area contributed by atoms with Gasteiger partial charge >= 0.3 is 0 Å². The number of rotatable bonds is 2. The molecule has 1 saturated heterocycles. The summed E-state index contributed by atoms with van der Waals surface area (Å²) in [6, 6.07) is 10.5. The number of anilines is 1. The summed E-state index contributed by atoms with van der Waals surface area (Å²) in [6.45, 7) is 4.59. The summed E-state index contributed by atoms with van der Waals surface area (Å²) in [4.78, 5) is 2.36. The molecule has 1 heterocycles. The zero-order valence-electron chi connectivity index (χ0n) is 8.40. The van der Waals surface area contributed by atoms with Crippen LogP contribution in [0.25, 0.3) is 0 Å². The molecule has 0 amide bonds. The van der Waals surface area contributed by atoms with Crippen molar-refractivity contribution >= 4 is 5.69 Å². The molecule has 0 unspecified atom stereocenters. The first-order valence-corrected chi connectivity index (χ1v) is 5.00. The molecule has 2 rings (SSSR count). The lowest BCUT2D eigenvalue weighted by molar-refractivity contribution is 0.447. The van der Waals surface area contributed by atoms with Crippen LogP contribution in [-0.4, -0.2) is 13.1 Å². The molecular formula is C12H14N2. The van der Waals surface area contributed by atoms with Gasteiger partial charge in [-0.25, -0.2) is 0 Å². The second-order valence-corrected chi connectivity index (χ2v) is 4.01. The molecule has 0 radical (unpaired) electrons. The number of benzene rings is 1. The smallest absolute Gasteiger partial charge is 0.0669 e. The van der Waals surface area contributed by atoms with Crippen LogP contribution < -0.4 is 4.90 Å². The predicted octanol–water partition coefficient (Wildman–Crippen LogP) is 2.21. The third kappa shape index (κ3) is 1.72. The van der Waals surface area contributed by atoms with Crippen molar-refractivity contribution in [2.75, 3.05) is 18.0 Å². The molecule has 1 aromatic rings. The van der Waals surface area contributed by atoms with Gasteiger partial charge in [0.2, 0.25) is 0 Å². The Morgan fingerprint density at radius 1 is 1.36 bits per heavy atom. The van der Waals surface area contributed by atoms with Crippen molar-refractivity contribution in [3.63, 3.8) is 0 Å². The van der Waals surface area contributed by atoms with Crippen molar-refractivity contribution < 1.29 is 0 Å². The van der Waals surface area contributed by atoms with Crippen molar-refractivity contribution in [1.82, 2.24) is 0 Å². The van der Waals surface area contributed by atoms with Crippen LogP contribution in [0, 0.1) is 17.2 Å². The Balaban J connectivity index is 2.04. The average Bonchev–Trinajstić information content (AvgIpc) is 2.15. The Morgan fingerprint density at radius 3 is 2.50 bits per heavy atom. The van der Waals surface area contributed by atoms with Crippen molar-refractivity contribution in [2.45, 2.75) is 13.3 Å². The lowest BCUT2D eigenvalue weighted by Gasteiger charge is -2.39. The number of nitriles is 1. The van der Waals surface area contributed by atoms with E-state index in [4.69, 9.17) is 5.26 Å². The van der Waals surface area contributed by atoms with Gasteiger partial charge in [0, 0.05) is 18.8 Å². The standard InChI is InChI=1S/C12H14N2/c1-10-8-14(9-10)12-4-2-11(3-5-12)6-7-13/h2-5,10H,6,8-9H2,1H3. The van der Waals surface area contributed by atoms with Gasteiger partial charge in [0.05, 0.1) is 12.5 Å². The first-order chi connectivity index (χ1) is 6.79. The topological polar surface area (TPSA) is 27.0 Å². The van der Waals surface area contributed by atoms with Gasteiger partial charge in [-0.05, 0) is 23.6 Å². The van der Waals surface area contributed by atoms with Gasteiger partial charge in [-0.3, -0.25) is 0 Å². The Bertz CT molecular complexity index is 342. The lowest BCUT2D eigenvalue weighted by atomic mass is 10.0. The summed E-state index contributed by atoms with van der Waals surface area (Å²) >= 11 is 0. The third-order valence-corrected chi connectivity index (χ3v) is 2.65. The van der Waals surface area contributed by atoms with E-state index in [1.807, 2.05) is 12.1 Å². The van der Waals surface area contributed by atoms with Crippen molar-refractivity contribution in [3.8, 4) is 6.07 Å². The van der Waals surface area contributed by atoms with Crippen LogP contribution in [0.1, 0.15) is 12.5 Å². The quantitative estimate of drug-likeness (QED) is 0.708. The predicted molar refractivity (Wildman–Crippen MR) is 57.1 cm³/mol. The second-order valence-electron chi connectivity index (χ2n) is 4.01. The maximum Gasteiger partial charge on any atom is 0.0669 e. The highest BCUT2D eigenvalue weighted by atomic mass is 15.2. The maximum absolute atomic E-state index is 8.53. The van der Waals surface area contributed by atoms with Crippen LogP contribution in [0.4, 0.5) is 5.69 Å². The Morgan fingerprint density at radius 2 is 2.00 bits per heavy atom. The van der Waals surface area contributed by atoms with Crippen molar-refractivity contribution in [3.05, 3.63) is 29.8 Å². The molecule has 1 aromatic carbocycles. The van der Waals surface area contributed by atoms with E-state index in [2.05, 4.69) is 30.0 Å². The van der Waals surface area contributed by atoms with Gasteiger partial charge in [0.15, 0.2) is 0 Å². The monoisotopic (exact) mass is 186 g/mol. The molecule has 0 spiro atoms. The summed E-state index contributed by atoms with van der Waals surface area (Å²) in [7, 11) is 0. The van der Waals surface area contributed by atoms with E-state index in [1.165, 1.54) is 5.69 Å². The number of hydrogen-bond donors (Lipinski definition) is 0. The van der Waals surface area contributed by atoms with Crippen molar-refractivity contribution in [2.24, 2.45) is 5.92 Å². The Kier molecular flexibility index (Phi) is 2.41. The average molecular weight is 186 g/mol. The fourth-order valence-corrected chi connectivity index (χ4v) is 1.83. The van der Waals surface area contributed by atoms with Gasteiger partial charge in [0.25, 0.3) is 0 Å². The fourth-order valence-electron chi connectivity index (χ4n) is 1.83. The second kappa shape index (κ2) is 3.71. The minimum Gasteiger partial charge on any atom is -0.371 e. The Labute approximate surface area is 84.8 Å². The molecule has 0 saturated carbocycles. The lowest BCUT2D eigenvalue weighted by Crippen LogP contribution is -2.45. The molecule has 72 valence electrons. The van der Waals surface area contributed by atoms with E-state index in [1.54, 1.807) is 0 Å². The van der Waals surface area contributed by atoms with E-state index in [-0.39, 0.29) is 0 Å². The Hall–Kier alpha value is -1.49. The highest BCUT2D eigenvalue weighted by Crippen LogP contribution is 2.24. The van der Waals surface area contributed by atoms with Crippen molar-refractivity contribution in [1.29, 1.82) is 5.26 Å². The van der Waals surface area contributed by atoms with E-state index in [0.717, 1.165) is 24.6 Å². The zero-order valence-corrected chi connectivity index (χ0v) is 8.40. The van der Waals surface area contributed by atoms with E-state index >= 15 is 0 Å². The SMILES string of the molecule is CC1CN(c2ccc(CC#N)cc2)C1. The molecular weight excluding hydrogens is 172 g/mol. The van der Waals surface area contributed by atoms with Gasteiger partial charge in [-0.15, -0.1) is 0 Å². The van der Waals surface area contributed by atoms with Crippen LogP contribution >= 0.6 is 0 Å². The van der Waals surface area contributed by atoms with E-state index in [0.29, 0.717) is 6.42 Å². The zero-order chi connectivity index (χ0) is 9.97. The fraction of sp³-hybridized carbons (Fsp3) is 0.417. The molecule has 14 heavy (non-hydrogen) atoms. The van der Waals surface area contributed by atoms with Crippen LogP contribution in [0.5, 0.6) is 0 Å². The van der Waals surface area contributed by atoms with E-state index < -0.39 is 0 Å². The summed E-state index contributed by atoms with van der Waals surface area (Å²) in [5.74, 6) is 0.828. The van der Waals surface area contributed by atoms with Gasteiger partial charge in [-0.2, -0.15) is 5.26 Å². The summed E-state index contributed by atoms with van der Waals surface area (Å²) in [6.07, 6.45) is 0.511. The van der Waals surface area contributed by atoms with Gasteiger partial charge < -0.3 is 4.90 Å². The summed E-state index contributed by atoms with van der Waals surface area (Å²) < 4.78 is 0. The highest BCUT2D eigenvalue weighted by Gasteiger charge is 2.22. The molecule has 1 aliphatic rings. The van der Waals surface area contributed by atoms with Crippen LogP contribution in [0.15, 0.2) is 24.3 Å². The van der Waals surface area contributed by atoms with Crippen LogP contribution in [-0.2, 0) is 6.42 Å². The molecule has 0 atom stereocenters. The molecule has 0 aromatic heterocycles. The molecule has 1 aliphatic heterocycles. The molecule has 0 N–H and O–H groups in total. The van der Waals surface area contributed by atoms with Gasteiger partial charge in [0.1, 0.15) is 0 Å². The normalized spacial score (nSPS) is 16.1. The third-order valence-electron chi connectivity index (χ3n) is 2.65. The molecule has 2 heteroatoms. The number of hydrogen-bond acceptors (Lipinski definition) is 2. The summed E-state index contributed by atoms with van der Waals surface area (Å²) in [5.41, 5.74) is 2.38. The number of nitrogens with zero attached hydrogens (tertiary/aromatic N) is 2.